The average molecular weight is 466 g/mol. The first-order chi connectivity index (χ1) is 13.3. The Labute approximate surface area is 173 Å². The van der Waals surface area contributed by atoms with Crippen LogP contribution in [-0.4, -0.2) is 61.2 Å². The molecule has 0 aliphatic heterocycles. The van der Waals surface area contributed by atoms with Crippen LogP contribution in [0.5, 0.6) is 0 Å². The fourth-order valence-electron chi connectivity index (χ4n) is 2.14. The monoisotopic (exact) mass is 467 g/mol. The Morgan fingerprint density at radius 1 is 1.14 bits per heavy atom. The van der Waals surface area contributed by atoms with Crippen LogP contribution in [0, 0.1) is 0 Å². The molecule has 0 saturated carbocycles. The number of rotatable bonds is 9. The van der Waals surface area contributed by atoms with E-state index >= 15 is 0 Å². The van der Waals surface area contributed by atoms with Crippen molar-refractivity contribution < 1.29 is 23.8 Å². The van der Waals surface area contributed by atoms with Crippen LogP contribution in [0.3, 0.4) is 0 Å². The van der Waals surface area contributed by atoms with E-state index in [1.807, 2.05) is 30.3 Å². The third-order valence-corrected chi connectivity index (χ3v) is 7.07. The van der Waals surface area contributed by atoms with Crippen molar-refractivity contribution in [2.75, 3.05) is 20.5 Å². The number of methoxy groups -OCH3 is 1. The molecule has 0 saturated heterocycles. The second kappa shape index (κ2) is 10.5. The quantitative estimate of drug-likeness (QED) is 0.184. The molecule has 150 valence electrons. The van der Waals surface area contributed by atoms with Crippen LogP contribution in [0.15, 0.2) is 57.8 Å². The summed E-state index contributed by atoms with van der Waals surface area (Å²) in [5, 5.41) is 0. The third-order valence-electron chi connectivity index (χ3n) is 3.75. The van der Waals surface area contributed by atoms with Crippen molar-refractivity contribution in [3.8, 4) is 0 Å². The Hall–Kier alpha value is -1.99. The van der Waals surface area contributed by atoms with Crippen molar-refractivity contribution in [1.82, 2.24) is 0 Å². The molecule has 2 rings (SSSR count). The summed E-state index contributed by atoms with van der Waals surface area (Å²) in [7, 11) is 0.0724. The van der Waals surface area contributed by atoms with E-state index in [-0.39, 0.29) is 44.8 Å². The van der Waals surface area contributed by atoms with Gasteiger partial charge in [0.05, 0.1) is 0 Å². The number of allylic oxidation sites excluding steroid dienone is 2. The number of ketones is 1. The zero-order valence-corrected chi connectivity index (χ0v) is 19.3. The first-order valence-corrected chi connectivity index (χ1v) is 14.2. The summed E-state index contributed by atoms with van der Waals surface area (Å²) in [6.45, 7) is 7.39. The van der Waals surface area contributed by atoms with Gasteiger partial charge in [0.15, 0.2) is 0 Å². The summed E-state index contributed by atoms with van der Waals surface area (Å²) in [4.78, 5) is 24.3. The van der Waals surface area contributed by atoms with Crippen LogP contribution >= 0.6 is 0 Å². The van der Waals surface area contributed by atoms with Crippen LogP contribution in [0.2, 0.25) is 25.7 Å². The van der Waals surface area contributed by atoms with Gasteiger partial charge >= 0.3 is 173 Å². The van der Waals surface area contributed by atoms with Crippen molar-refractivity contribution in [1.29, 1.82) is 0 Å². The van der Waals surface area contributed by atoms with Gasteiger partial charge < -0.3 is 0 Å². The minimum absolute atomic E-state index is 0.00402. The molecule has 0 amide bonds. The standard InChI is InChI=1S/C20H25NO5SeSi/c1-24-20(23)16-12-18(22)17(21-27-15-8-6-5-7-9-15)13-19(16)26-14-25-10-11-28(2,3)4/h5-9,12-13H,10-11,14H2,1-4H3/b21-17-. The number of carbonyl (C=O) groups is 2. The van der Waals surface area contributed by atoms with Crippen LogP contribution in [0.25, 0.3) is 0 Å². The minimum atomic E-state index is -1.19. The Morgan fingerprint density at radius 2 is 1.86 bits per heavy atom. The second-order valence-corrected chi connectivity index (χ2v) is 14.7. The molecular weight excluding hydrogens is 441 g/mol. The number of benzene rings is 1. The molecule has 0 heterocycles. The van der Waals surface area contributed by atoms with E-state index in [0.29, 0.717) is 6.61 Å². The third kappa shape index (κ3) is 7.20. The summed E-state index contributed by atoms with van der Waals surface area (Å²) in [6, 6.07) is 10.7. The van der Waals surface area contributed by atoms with Gasteiger partial charge in [0.1, 0.15) is 0 Å². The maximum absolute atomic E-state index is 12.3. The van der Waals surface area contributed by atoms with Crippen molar-refractivity contribution in [2.24, 2.45) is 4.01 Å². The van der Waals surface area contributed by atoms with Gasteiger partial charge in [0.2, 0.25) is 0 Å². The van der Waals surface area contributed by atoms with Crippen LogP contribution in [0.1, 0.15) is 0 Å². The number of esters is 1. The fraction of sp³-hybridized carbons (Fsp3) is 0.350. The van der Waals surface area contributed by atoms with E-state index in [9.17, 15) is 9.59 Å². The second-order valence-electron chi connectivity index (χ2n) is 7.28. The first kappa shape index (κ1) is 22.3. The van der Waals surface area contributed by atoms with E-state index in [0.717, 1.165) is 10.5 Å². The first-order valence-electron chi connectivity index (χ1n) is 8.87. The van der Waals surface area contributed by atoms with Crippen molar-refractivity contribution >= 4 is 45.2 Å². The Balaban J connectivity index is 2.08. The van der Waals surface area contributed by atoms with Crippen LogP contribution < -0.4 is 4.46 Å². The van der Waals surface area contributed by atoms with Gasteiger partial charge in [-0.25, -0.2) is 0 Å². The molecule has 0 aromatic heterocycles. The molecule has 1 aliphatic carbocycles. The Kier molecular flexibility index (Phi) is 8.38. The van der Waals surface area contributed by atoms with Gasteiger partial charge in [0, 0.05) is 0 Å². The molecule has 28 heavy (non-hydrogen) atoms. The van der Waals surface area contributed by atoms with Crippen molar-refractivity contribution in [3.63, 3.8) is 0 Å². The molecule has 0 bridgehead atoms. The molecule has 0 N–H and O–H groups in total. The summed E-state index contributed by atoms with van der Waals surface area (Å²) in [5.74, 6) is -0.735. The molecular formula is C20H25NO5SeSi. The van der Waals surface area contributed by atoms with Gasteiger partial charge in [0.25, 0.3) is 0 Å². The summed E-state index contributed by atoms with van der Waals surface area (Å²) in [6.07, 6.45) is 2.70. The van der Waals surface area contributed by atoms with E-state index in [1.165, 1.54) is 19.3 Å². The molecule has 1 aromatic rings. The van der Waals surface area contributed by atoms with E-state index in [2.05, 4.69) is 23.6 Å². The number of hydrogen-bond acceptors (Lipinski definition) is 6. The molecule has 0 fully saturated rings. The molecule has 0 radical (unpaired) electrons. The van der Waals surface area contributed by atoms with E-state index in [4.69, 9.17) is 14.2 Å². The number of ether oxygens (including phenoxy) is 3. The maximum atomic E-state index is 12.3. The van der Waals surface area contributed by atoms with Gasteiger partial charge in [-0.3, -0.25) is 0 Å². The molecule has 0 unspecified atom stereocenters. The predicted molar refractivity (Wildman–Crippen MR) is 113 cm³/mol. The van der Waals surface area contributed by atoms with E-state index < -0.39 is 14.0 Å². The van der Waals surface area contributed by atoms with Gasteiger partial charge in [-0.15, -0.1) is 0 Å². The van der Waals surface area contributed by atoms with Crippen molar-refractivity contribution in [3.05, 3.63) is 53.8 Å². The molecule has 8 heteroatoms. The zero-order chi connectivity index (χ0) is 20.6. The molecule has 0 spiro atoms. The van der Waals surface area contributed by atoms with Crippen LogP contribution in [0.4, 0.5) is 0 Å². The topological polar surface area (TPSA) is 74.2 Å². The normalized spacial score (nSPS) is 15.9. The Bertz CT molecular complexity index is 797. The molecule has 1 aliphatic rings. The van der Waals surface area contributed by atoms with Crippen LogP contribution in [-0.2, 0) is 23.8 Å². The molecule has 1 aromatic carbocycles. The predicted octanol–water partition coefficient (Wildman–Crippen LogP) is 2.27. The van der Waals surface area contributed by atoms with Gasteiger partial charge in [-0.2, -0.15) is 0 Å². The van der Waals surface area contributed by atoms with Gasteiger partial charge in [-0.1, -0.05) is 0 Å². The SMILES string of the molecule is COC(=O)C1=CC(=O)/C(=N\[Se]c2ccccc2)C=C1OCOCC[Si](C)(C)C. The van der Waals surface area contributed by atoms with Gasteiger partial charge in [-0.05, 0) is 0 Å². The average Bonchev–Trinajstić information content (AvgIpc) is 2.66. The van der Waals surface area contributed by atoms with E-state index in [1.54, 1.807) is 0 Å². The number of carbonyl (C=O) groups excluding carboxylic acids is 2. The summed E-state index contributed by atoms with van der Waals surface area (Å²) in [5.41, 5.74) is 0.334. The zero-order valence-electron chi connectivity index (χ0n) is 16.6. The number of nitrogens with zero attached hydrogens (tertiary/aromatic N) is 1. The Morgan fingerprint density at radius 3 is 2.50 bits per heavy atom. The number of hydrogen-bond donors (Lipinski definition) is 0. The molecule has 0 atom stereocenters. The van der Waals surface area contributed by atoms with Crippen molar-refractivity contribution in [2.45, 2.75) is 25.7 Å². The summed E-state index contributed by atoms with van der Waals surface area (Å²) >= 11 is -0.252. The molecule has 6 nitrogen and oxygen atoms in total. The summed E-state index contributed by atoms with van der Waals surface area (Å²) < 4.78 is 21.4. The fourth-order valence-corrected chi connectivity index (χ4v) is 4.20.